The van der Waals surface area contributed by atoms with Gasteiger partial charge in [-0.15, -0.1) is 24.8 Å². The SMILES string of the molecule is CCn1c(CC2CCNCC2)nn(Cc2cncn2C2CC2)c1=O.Cl.Cl. The highest BCUT2D eigenvalue weighted by Gasteiger charge is 2.26. The molecule has 0 atom stereocenters. The van der Waals surface area contributed by atoms with Crippen LogP contribution in [0.25, 0.3) is 0 Å². The van der Waals surface area contributed by atoms with Gasteiger partial charge in [0.1, 0.15) is 5.82 Å². The number of rotatable bonds is 6. The van der Waals surface area contributed by atoms with Crippen LogP contribution in [0.2, 0.25) is 0 Å². The van der Waals surface area contributed by atoms with E-state index < -0.39 is 0 Å². The highest BCUT2D eigenvalue weighted by atomic mass is 35.5. The molecule has 1 N–H and O–H groups in total. The van der Waals surface area contributed by atoms with E-state index in [1.54, 1.807) is 4.68 Å². The zero-order chi connectivity index (χ0) is 16.5. The van der Waals surface area contributed by atoms with Gasteiger partial charge in [-0.05, 0) is 51.6 Å². The van der Waals surface area contributed by atoms with E-state index in [9.17, 15) is 4.79 Å². The van der Waals surface area contributed by atoms with Crippen LogP contribution in [-0.4, -0.2) is 37.0 Å². The van der Waals surface area contributed by atoms with Gasteiger partial charge in [-0.25, -0.2) is 14.5 Å². The molecule has 0 unspecified atom stereocenters. The van der Waals surface area contributed by atoms with E-state index in [0.717, 1.165) is 31.0 Å². The molecule has 2 aromatic heterocycles. The van der Waals surface area contributed by atoms with Gasteiger partial charge >= 0.3 is 5.69 Å². The van der Waals surface area contributed by atoms with Gasteiger partial charge in [0.25, 0.3) is 0 Å². The van der Waals surface area contributed by atoms with Crippen LogP contribution < -0.4 is 11.0 Å². The number of imidazole rings is 1. The summed E-state index contributed by atoms with van der Waals surface area (Å²) in [5.41, 5.74) is 1.08. The Labute approximate surface area is 166 Å². The highest BCUT2D eigenvalue weighted by molar-refractivity contribution is 5.85. The summed E-state index contributed by atoms with van der Waals surface area (Å²) < 4.78 is 5.65. The molecule has 1 saturated carbocycles. The molecule has 0 bridgehead atoms. The highest BCUT2D eigenvalue weighted by Crippen LogP contribution is 2.35. The third kappa shape index (κ3) is 4.32. The quantitative estimate of drug-likeness (QED) is 0.802. The molecule has 1 saturated heterocycles. The Kier molecular flexibility index (Phi) is 7.32. The minimum Gasteiger partial charge on any atom is -0.330 e. The predicted octanol–water partition coefficient (Wildman–Crippen LogP) is 2.03. The lowest BCUT2D eigenvalue weighted by molar-refractivity contribution is 0.362. The van der Waals surface area contributed by atoms with Crippen molar-refractivity contribution in [3.63, 3.8) is 0 Å². The average molecular weight is 403 g/mol. The molecule has 7 nitrogen and oxygen atoms in total. The molecule has 4 rings (SSSR count). The molecule has 26 heavy (non-hydrogen) atoms. The molecule has 1 aliphatic heterocycles. The van der Waals surface area contributed by atoms with Crippen molar-refractivity contribution in [1.82, 2.24) is 29.2 Å². The van der Waals surface area contributed by atoms with Crippen LogP contribution in [0.4, 0.5) is 0 Å². The van der Waals surface area contributed by atoms with Crippen molar-refractivity contribution in [1.29, 1.82) is 0 Å². The van der Waals surface area contributed by atoms with Crippen molar-refractivity contribution >= 4 is 24.8 Å². The lowest BCUT2D eigenvalue weighted by atomic mass is 9.94. The summed E-state index contributed by atoms with van der Waals surface area (Å²) in [6.45, 7) is 5.36. The molecule has 0 aromatic carbocycles. The van der Waals surface area contributed by atoms with E-state index in [-0.39, 0.29) is 30.5 Å². The minimum atomic E-state index is 0. The Hall–Kier alpha value is -1.31. The molecular formula is C17H28Cl2N6O. The Morgan fingerprint density at radius 2 is 1.92 bits per heavy atom. The van der Waals surface area contributed by atoms with E-state index in [4.69, 9.17) is 0 Å². The summed E-state index contributed by atoms with van der Waals surface area (Å²) in [6, 6.07) is 0.570. The van der Waals surface area contributed by atoms with E-state index in [0.29, 0.717) is 25.0 Å². The summed E-state index contributed by atoms with van der Waals surface area (Å²) in [7, 11) is 0. The average Bonchev–Trinajstić information content (AvgIpc) is 3.27. The second-order valence-corrected chi connectivity index (χ2v) is 7.02. The molecule has 2 aliphatic rings. The van der Waals surface area contributed by atoms with Crippen LogP contribution >= 0.6 is 24.8 Å². The second-order valence-electron chi connectivity index (χ2n) is 7.02. The zero-order valence-corrected chi connectivity index (χ0v) is 16.8. The fourth-order valence-corrected chi connectivity index (χ4v) is 3.69. The van der Waals surface area contributed by atoms with Crippen LogP contribution in [0.15, 0.2) is 17.3 Å². The number of nitrogens with one attached hydrogen (secondary N) is 1. The molecule has 0 amide bonds. The number of hydrogen-bond donors (Lipinski definition) is 1. The minimum absolute atomic E-state index is 0. The molecule has 2 aromatic rings. The molecule has 0 radical (unpaired) electrons. The summed E-state index contributed by atoms with van der Waals surface area (Å²) in [4.78, 5) is 17.0. The normalized spacial score (nSPS) is 17.6. The first-order chi connectivity index (χ1) is 11.8. The third-order valence-electron chi connectivity index (χ3n) is 5.24. The van der Waals surface area contributed by atoms with Crippen LogP contribution in [0, 0.1) is 5.92 Å². The first kappa shape index (κ1) is 21.0. The molecule has 9 heteroatoms. The Bertz CT molecular complexity index is 758. The van der Waals surface area contributed by atoms with Gasteiger partial charge in [0.05, 0.1) is 24.8 Å². The zero-order valence-electron chi connectivity index (χ0n) is 15.1. The second kappa shape index (κ2) is 9.06. The van der Waals surface area contributed by atoms with Crippen molar-refractivity contribution < 1.29 is 0 Å². The molecular weight excluding hydrogens is 375 g/mol. The molecule has 146 valence electrons. The van der Waals surface area contributed by atoms with Gasteiger partial charge < -0.3 is 9.88 Å². The third-order valence-corrected chi connectivity index (χ3v) is 5.24. The van der Waals surface area contributed by atoms with Crippen molar-refractivity contribution in [3.8, 4) is 0 Å². The number of halogens is 2. The van der Waals surface area contributed by atoms with E-state index in [1.807, 2.05) is 24.0 Å². The van der Waals surface area contributed by atoms with E-state index in [1.165, 1.54) is 25.7 Å². The van der Waals surface area contributed by atoms with Gasteiger partial charge in [0, 0.05) is 19.0 Å². The summed E-state index contributed by atoms with van der Waals surface area (Å²) in [6.07, 6.45) is 9.40. The molecule has 3 heterocycles. The Balaban J connectivity index is 0.00000121. The van der Waals surface area contributed by atoms with Crippen LogP contribution in [0.3, 0.4) is 0 Å². The van der Waals surface area contributed by atoms with Gasteiger partial charge in [-0.1, -0.05) is 0 Å². The number of aromatic nitrogens is 5. The maximum Gasteiger partial charge on any atom is 0.346 e. The standard InChI is InChI=1S/C17H26N6O.2ClH/c1-2-21-16(9-13-5-7-18-8-6-13)20-23(17(21)24)11-15-10-19-12-22(15)14-3-4-14;;/h10,12-14,18H,2-9,11H2,1H3;2*1H. The van der Waals surface area contributed by atoms with Gasteiger partial charge in [0.2, 0.25) is 0 Å². The lowest BCUT2D eigenvalue weighted by Crippen LogP contribution is -2.30. The lowest BCUT2D eigenvalue weighted by Gasteiger charge is -2.21. The van der Waals surface area contributed by atoms with E-state index >= 15 is 0 Å². The number of nitrogens with zero attached hydrogens (tertiary/aromatic N) is 5. The fourth-order valence-electron chi connectivity index (χ4n) is 3.69. The molecule has 1 aliphatic carbocycles. The largest absolute Gasteiger partial charge is 0.346 e. The smallest absolute Gasteiger partial charge is 0.330 e. The monoisotopic (exact) mass is 402 g/mol. The Morgan fingerprint density at radius 3 is 2.58 bits per heavy atom. The van der Waals surface area contributed by atoms with Crippen molar-refractivity contribution in [2.45, 2.75) is 58.2 Å². The molecule has 0 spiro atoms. The first-order valence-corrected chi connectivity index (χ1v) is 9.14. The summed E-state index contributed by atoms with van der Waals surface area (Å²) >= 11 is 0. The van der Waals surface area contributed by atoms with Crippen LogP contribution in [0.5, 0.6) is 0 Å². The maximum atomic E-state index is 12.7. The topological polar surface area (TPSA) is 69.7 Å². The number of hydrogen-bond acceptors (Lipinski definition) is 4. The van der Waals surface area contributed by atoms with Crippen molar-refractivity contribution in [2.75, 3.05) is 13.1 Å². The predicted molar refractivity (Wildman–Crippen MR) is 106 cm³/mol. The van der Waals surface area contributed by atoms with E-state index in [2.05, 4.69) is 20.0 Å². The van der Waals surface area contributed by atoms with Crippen molar-refractivity contribution in [2.24, 2.45) is 5.92 Å². The molecule has 2 fully saturated rings. The summed E-state index contributed by atoms with van der Waals surface area (Å²) in [5, 5.41) is 8.07. The van der Waals surface area contributed by atoms with Crippen LogP contribution in [-0.2, 0) is 19.5 Å². The van der Waals surface area contributed by atoms with Gasteiger partial charge in [-0.2, -0.15) is 5.10 Å². The van der Waals surface area contributed by atoms with Crippen LogP contribution in [0.1, 0.15) is 50.2 Å². The Morgan fingerprint density at radius 1 is 1.19 bits per heavy atom. The van der Waals surface area contributed by atoms with Gasteiger partial charge in [0.15, 0.2) is 0 Å². The van der Waals surface area contributed by atoms with Gasteiger partial charge in [-0.3, -0.25) is 4.57 Å². The first-order valence-electron chi connectivity index (χ1n) is 9.14. The maximum absolute atomic E-state index is 12.7. The fraction of sp³-hybridized carbons (Fsp3) is 0.706. The van der Waals surface area contributed by atoms with Crippen molar-refractivity contribution in [3.05, 3.63) is 34.5 Å². The number of piperidine rings is 1. The summed E-state index contributed by atoms with van der Waals surface area (Å²) in [5.74, 6) is 1.57.